The van der Waals surface area contributed by atoms with E-state index in [0.29, 0.717) is 13.1 Å². The molecule has 4 nitrogen and oxygen atoms in total. The van der Waals surface area contributed by atoms with E-state index in [4.69, 9.17) is 10.5 Å². The molecule has 0 aromatic heterocycles. The van der Waals surface area contributed by atoms with Gasteiger partial charge in [-0.15, -0.1) is 12.4 Å². The van der Waals surface area contributed by atoms with Gasteiger partial charge in [0.2, 0.25) is 0 Å². The Bertz CT molecular complexity index is 445. The number of hydrogen-bond acceptors (Lipinski definition) is 3. The summed E-state index contributed by atoms with van der Waals surface area (Å²) in [4.78, 5) is 13.7. The van der Waals surface area contributed by atoms with Crippen molar-refractivity contribution in [2.45, 2.75) is 38.3 Å². The fraction of sp³-hybridized carbons (Fsp3) is 0.533. The molecule has 1 aromatic carbocycles. The fourth-order valence-corrected chi connectivity index (χ4v) is 2.36. The molecule has 1 fully saturated rings. The molecule has 2 N–H and O–H groups in total. The standard InChI is InChI=1S/C15H22N2O2.ClH/c1-15(2,3)19-14(18)17-9-12(13(16)10-17)11-7-5-4-6-8-11;/h4-8,12-13H,9-10,16H2,1-3H3;1H. The number of rotatable bonds is 1. The highest BCUT2D eigenvalue weighted by Gasteiger charge is 2.35. The first kappa shape index (κ1) is 16.8. The Morgan fingerprint density at radius 1 is 1.25 bits per heavy atom. The maximum atomic E-state index is 12.0. The van der Waals surface area contributed by atoms with Crippen molar-refractivity contribution in [1.29, 1.82) is 0 Å². The van der Waals surface area contributed by atoms with Gasteiger partial charge in [-0.25, -0.2) is 4.79 Å². The number of carbonyl (C=O) groups excluding carboxylic acids is 1. The van der Waals surface area contributed by atoms with Crippen molar-refractivity contribution in [3.05, 3.63) is 35.9 Å². The molecule has 1 heterocycles. The quantitative estimate of drug-likeness (QED) is 0.867. The summed E-state index contributed by atoms with van der Waals surface area (Å²) in [6.45, 7) is 6.79. The van der Waals surface area contributed by atoms with Crippen molar-refractivity contribution < 1.29 is 9.53 Å². The molecule has 2 rings (SSSR count). The summed E-state index contributed by atoms with van der Waals surface area (Å²) in [5, 5.41) is 0. The molecule has 0 spiro atoms. The number of carbonyl (C=O) groups is 1. The van der Waals surface area contributed by atoms with Gasteiger partial charge in [0.15, 0.2) is 0 Å². The SMILES string of the molecule is CC(C)(C)OC(=O)N1CC(N)C(c2ccccc2)C1.Cl. The molecule has 5 heteroatoms. The molecule has 1 aliphatic rings. The number of ether oxygens (including phenoxy) is 1. The molecule has 1 aliphatic heterocycles. The number of amides is 1. The lowest BCUT2D eigenvalue weighted by Gasteiger charge is -2.24. The van der Waals surface area contributed by atoms with Gasteiger partial charge in [-0.3, -0.25) is 0 Å². The third-order valence-electron chi connectivity index (χ3n) is 3.24. The van der Waals surface area contributed by atoms with E-state index in [1.807, 2.05) is 39.0 Å². The third kappa shape index (κ3) is 4.12. The van der Waals surface area contributed by atoms with Crippen LogP contribution < -0.4 is 5.73 Å². The monoisotopic (exact) mass is 298 g/mol. The Balaban J connectivity index is 0.00000200. The highest BCUT2D eigenvalue weighted by Crippen LogP contribution is 2.27. The van der Waals surface area contributed by atoms with Gasteiger partial charge < -0.3 is 15.4 Å². The Morgan fingerprint density at radius 3 is 2.40 bits per heavy atom. The molecule has 20 heavy (non-hydrogen) atoms. The second kappa shape index (κ2) is 6.46. The zero-order chi connectivity index (χ0) is 14.0. The average molecular weight is 299 g/mol. The van der Waals surface area contributed by atoms with Crippen LogP contribution in [0.1, 0.15) is 32.3 Å². The summed E-state index contributed by atoms with van der Waals surface area (Å²) in [6.07, 6.45) is -0.276. The molecule has 2 atom stereocenters. The minimum atomic E-state index is -0.466. The average Bonchev–Trinajstić information content (AvgIpc) is 2.70. The van der Waals surface area contributed by atoms with Gasteiger partial charge in [0.25, 0.3) is 0 Å². The summed E-state index contributed by atoms with van der Waals surface area (Å²) in [6, 6.07) is 10.1. The van der Waals surface area contributed by atoms with Crippen molar-refractivity contribution >= 4 is 18.5 Å². The van der Waals surface area contributed by atoms with Gasteiger partial charge in [-0.1, -0.05) is 30.3 Å². The number of benzene rings is 1. The van der Waals surface area contributed by atoms with Crippen LogP contribution >= 0.6 is 12.4 Å². The van der Waals surface area contributed by atoms with Crippen molar-refractivity contribution in [2.24, 2.45) is 5.73 Å². The Morgan fingerprint density at radius 2 is 1.85 bits per heavy atom. The zero-order valence-corrected chi connectivity index (χ0v) is 13.0. The number of likely N-dealkylation sites (tertiary alicyclic amines) is 1. The van der Waals surface area contributed by atoms with Crippen molar-refractivity contribution in [2.75, 3.05) is 13.1 Å². The van der Waals surface area contributed by atoms with Crippen LogP contribution in [0.5, 0.6) is 0 Å². The molecule has 0 bridgehead atoms. The molecule has 1 aromatic rings. The van der Waals surface area contributed by atoms with Crippen LogP contribution in [0.4, 0.5) is 4.79 Å². The Labute approximate surface area is 126 Å². The molecular formula is C15H23ClN2O2. The minimum Gasteiger partial charge on any atom is -0.444 e. The second-order valence-electron chi connectivity index (χ2n) is 6.07. The first-order valence-corrected chi connectivity index (χ1v) is 6.65. The van der Waals surface area contributed by atoms with Crippen molar-refractivity contribution in [1.82, 2.24) is 4.90 Å². The Hall–Kier alpha value is -1.26. The molecule has 2 unspecified atom stereocenters. The lowest BCUT2D eigenvalue weighted by Crippen LogP contribution is -2.36. The maximum Gasteiger partial charge on any atom is 0.410 e. The van der Waals surface area contributed by atoms with Crippen LogP contribution in [0.3, 0.4) is 0 Å². The summed E-state index contributed by atoms with van der Waals surface area (Å²) < 4.78 is 5.39. The van der Waals surface area contributed by atoms with Gasteiger partial charge in [-0.05, 0) is 26.3 Å². The number of nitrogens with two attached hydrogens (primary N) is 1. The second-order valence-corrected chi connectivity index (χ2v) is 6.07. The summed E-state index contributed by atoms with van der Waals surface area (Å²) in [5.74, 6) is 0.189. The molecule has 0 aliphatic carbocycles. The first-order valence-electron chi connectivity index (χ1n) is 6.65. The van der Waals surface area contributed by atoms with E-state index in [9.17, 15) is 4.79 Å². The van der Waals surface area contributed by atoms with E-state index >= 15 is 0 Å². The molecule has 112 valence electrons. The van der Waals surface area contributed by atoms with Crippen molar-refractivity contribution in [3.8, 4) is 0 Å². The predicted molar refractivity (Wildman–Crippen MR) is 82.2 cm³/mol. The Kier molecular flexibility index (Phi) is 5.42. The van der Waals surface area contributed by atoms with Gasteiger partial charge in [0.05, 0.1) is 0 Å². The normalized spacial score (nSPS) is 22.3. The number of halogens is 1. The van der Waals surface area contributed by atoms with Gasteiger partial charge in [0.1, 0.15) is 5.60 Å². The van der Waals surface area contributed by atoms with E-state index in [0.717, 1.165) is 0 Å². The number of hydrogen-bond donors (Lipinski definition) is 1. The van der Waals surface area contributed by atoms with Gasteiger partial charge in [0, 0.05) is 25.0 Å². The summed E-state index contributed by atoms with van der Waals surface area (Å²) in [7, 11) is 0. The molecule has 1 saturated heterocycles. The number of nitrogens with zero attached hydrogens (tertiary/aromatic N) is 1. The van der Waals surface area contributed by atoms with Crippen LogP contribution in [0.25, 0.3) is 0 Å². The van der Waals surface area contributed by atoms with Crippen LogP contribution in [0.2, 0.25) is 0 Å². The summed E-state index contributed by atoms with van der Waals surface area (Å²) in [5.41, 5.74) is 6.87. The van der Waals surface area contributed by atoms with E-state index in [-0.39, 0.29) is 30.5 Å². The first-order chi connectivity index (χ1) is 8.87. The minimum absolute atomic E-state index is 0. The smallest absolute Gasteiger partial charge is 0.410 e. The largest absolute Gasteiger partial charge is 0.444 e. The molecule has 0 saturated carbocycles. The van der Waals surface area contributed by atoms with Gasteiger partial charge in [-0.2, -0.15) is 0 Å². The fourth-order valence-electron chi connectivity index (χ4n) is 2.36. The lowest BCUT2D eigenvalue weighted by atomic mass is 9.95. The maximum absolute atomic E-state index is 12.0. The van der Waals surface area contributed by atoms with Crippen LogP contribution in [0, 0.1) is 0 Å². The van der Waals surface area contributed by atoms with Gasteiger partial charge >= 0.3 is 6.09 Å². The van der Waals surface area contributed by atoms with Crippen molar-refractivity contribution in [3.63, 3.8) is 0 Å². The molecule has 0 radical (unpaired) electrons. The highest BCUT2D eigenvalue weighted by atomic mass is 35.5. The van der Waals surface area contributed by atoms with Crippen LogP contribution in [-0.4, -0.2) is 35.7 Å². The lowest BCUT2D eigenvalue weighted by molar-refractivity contribution is 0.0290. The topological polar surface area (TPSA) is 55.6 Å². The zero-order valence-electron chi connectivity index (χ0n) is 12.2. The van der Waals surface area contributed by atoms with E-state index in [2.05, 4.69) is 12.1 Å². The molecule has 1 amide bonds. The third-order valence-corrected chi connectivity index (χ3v) is 3.24. The summed E-state index contributed by atoms with van der Waals surface area (Å²) >= 11 is 0. The van der Waals surface area contributed by atoms with Crippen LogP contribution in [0.15, 0.2) is 30.3 Å². The van der Waals surface area contributed by atoms with E-state index < -0.39 is 5.60 Å². The van der Waals surface area contributed by atoms with Crippen LogP contribution in [-0.2, 0) is 4.74 Å². The predicted octanol–water partition coefficient (Wildman–Crippen LogP) is 2.77. The highest BCUT2D eigenvalue weighted by molar-refractivity contribution is 5.85. The van der Waals surface area contributed by atoms with E-state index in [1.54, 1.807) is 4.90 Å². The molecular weight excluding hydrogens is 276 g/mol. The van der Waals surface area contributed by atoms with E-state index in [1.165, 1.54) is 5.56 Å².